The van der Waals surface area contributed by atoms with Gasteiger partial charge in [0.25, 0.3) is 11.8 Å². The van der Waals surface area contributed by atoms with Crippen LogP contribution in [0.4, 0.5) is 0 Å². The zero-order valence-electron chi connectivity index (χ0n) is 19.7. The molecular weight excluding hydrogens is 450 g/mol. The van der Waals surface area contributed by atoms with Gasteiger partial charge in [0.2, 0.25) is 0 Å². The first-order valence-electron chi connectivity index (χ1n) is 11.0. The van der Waals surface area contributed by atoms with Crippen LogP contribution in [-0.4, -0.2) is 43.3 Å². The van der Waals surface area contributed by atoms with Crippen LogP contribution in [0.25, 0.3) is 11.3 Å². The highest BCUT2D eigenvalue weighted by Gasteiger charge is 2.12. The summed E-state index contributed by atoms with van der Waals surface area (Å²) in [6.07, 6.45) is 1.12. The Morgan fingerprint density at radius 2 is 1.83 bits per heavy atom. The van der Waals surface area contributed by atoms with Crippen LogP contribution in [-0.2, 0) is 14.3 Å². The highest BCUT2D eigenvalue weighted by Crippen LogP contribution is 2.23. The maximum absolute atomic E-state index is 12.1. The standard InChI is InChI=1S/C26H27N3O6/c1-17(2)34-26(32)20-9-6-8-19(13-20)23-12-11-21(35-23)14-28-29-24(30)15-27-25(31)16-33-22-10-5-4-7-18(22)3/h4-14,17H,15-16H2,1-3H3,(H,27,31)(H,29,30)/b28-14-. The second-order valence-electron chi connectivity index (χ2n) is 7.86. The first-order valence-corrected chi connectivity index (χ1v) is 11.0. The number of nitrogens with one attached hydrogen (secondary N) is 2. The number of esters is 1. The van der Waals surface area contributed by atoms with Crippen LogP contribution in [0.5, 0.6) is 5.75 Å². The van der Waals surface area contributed by atoms with Gasteiger partial charge in [0, 0.05) is 5.56 Å². The molecule has 0 aliphatic carbocycles. The largest absolute Gasteiger partial charge is 0.484 e. The van der Waals surface area contributed by atoms with Crippen LogP contribution in [0, 0.1) is 6.92 Å². The fourth-order valence-corrected chi connectivity index (χ4v) is 2.96. The molecule has 0 saturated heterocycles. The second-order valence-corrected chi connectivity index (χ2v) is 7.86. The van der Waals surface area contributed by atoms with Crippen molar-refractivity contribution in [1.82, 2.24) is 10.7 Å². The maximum Gasteiger partial charge on any atom is 0.338 e. The third kappa shape index (κ3) is 7.85. The summed E-state index contributed by atoms with van der Waals surface area (Å²) in [6.45, 7) is 4.99. The van der Waals surface area contributed by atoms with Crippen molar-refractivity contribution in [2.45, 2.75) is 26.9 Å². The molecule has 2 aromatic carbocycles. The van der Waals surface area contributed by atoms with Crippen LogP contribution in [0.15, 0.2) is 70.2 Å². The smallest absolute Gasteiger partial charge is 0.338 e. The van der Waals surface area contributed by atoms with Gasteiger partial charge in [-0.05, 0) is 56.7 Å². The van der Waals surface area contributed by atoms with Crippen molar-refractivity contribution in [1.29, 1.82) is 0 Å². The summed E-state index contributed by atoms with van der Waals surface area (Å²) in [5.41, 5.74) is 4.34. The number of carbonyl (C=O) groups excluding carboxylic acids is 3. The highest BCUT2D eigenvalue weighted by atomic mass is 16.5. The first-order chi connectivity index (χ1) is 16.8. The molecule has 0 spiro atoms. The quantitative estimate of drug-likeness (QED) is 0.262. The number of ether oxygens (including phenoxy) is 2. The lowest BCUT2D eigenvalue weighted by atomic mass is 10.1. The number of nitrogens with zero attached hydrogens (tertiary/aromatic N) is 1. The predicted molar refractivity (Wildman–Crippen MR) is 130 cm³/mol. The van der Waals surface area contributed by atoms with E-state index in [4.69, 9.17) is 13.9 Å². The molecule has 0 radical (unpaired) electrons. The molecule has 0 saturated carbocycles. The Labute approximate surface area is 203 Å². The predicted octanol–water partition coefficient (Wildman–Crippen LogP) is 3.47. The van der Waals surface area contributed by atoms with Crippen LogP contribution in [0.2, 0.25) is 0 Å². The SMILES string of the molecule is Cc1ccccc1OCC(=O)NCC(=O)N/N=C\c1ccc(-c2cccc(C(=O)OC(C)C)c2)o1. The van der Waals surface area contributed by atoms with E-state index in [1.54, 1.807) is 56.3 Å². The second kappa shape index (κ2) is 12.2. The molecule has 9 heteroatoms. The van der Waals surface area contributed by atoms with Crippen molar-refractivity contribution >= 4 is 24.0 Å². The van der Waals surface area contributed by atoms with Gasteiger partial charge in [0.05, 0.1) is 24.4 Å². The van der Waals surface area contributed by atoms with Gasteiger partial charge in [-0.3, -0.25) is 9.59 Å². The molecule has 2 amide bonds. The molecule has 3 rings (SSSR count). The summed E-state index contributed by atoms with van der Waals surface area (Å²) < 4.78 is 16.4. The van der Waals surface area contributed by atoms with E-state index in [9.17, 15) is 14.4 Å². The van der Waals surface area contributed by atoms with Crippen molar-refractivity contribution in [3.8, 4) is 17.1 Å². The van der Waals surface area contributed by atoms with Crippen LogP contribution in [0.1, 0.15) is 35.5 Å². The van der Waals surface area contributed by atoms with E-state index in [0.29, 0.717) is 28.4 Å². The van der Waals surface area contributed by atoms with E-state index in [0.717, 1.165) is 5.56 Å². The van der Waals surface area contributed by atoms with Crippen LogP contribution < -0.4 is 15.5 Å². The van der Waals surface area contributed by atoms with E-state index in [-0.39, 0.29) is 19.3 Å². The molecule has 0 bridgehead atoms. The summed E-state index contributed by atoms with van der Waals surface area (Å²) in [6, 6.07) is 17.6. The molecular formula is C26H27N3O6. The van der Waals surface area contributed by atoms with E-state index < -0.39 is 17.8 Å². The lowest BCUT2D eigenvalue weighted by Gasteiger charge is -2.08. The van der Waals surface area contributed by atoms with Gasteiger partial charge in [-0.15, -0.1) is 0 Å². The normalized spacial score (nSPS) is 10.9. The molecule has 0 aliphatic rings. The van der Waals surface area contributed by atoms with Crippen molar-refractivity contribution in [2.24, 2.45) is 5.10 Å². The number of hydrogen-bond donors (Lipinski definition) is 2. The van der Waals surface area contributed by atoms with Crippen molar-refractivity contribution in [3.05, 3.63) is 77.6 Å². The third-order valence-electron chi connectivity index (χ3n) is 4.63. The molecule has 35 heavy (non-hydrogen) atoms. The summed E-state index contributed by atoms with van der Waals surface area (Å²) in [4.78, 5) is 35.9. The van der Waals surface area contributed by atoms with Crippen molar-refractivity contribution in [2.75, 3.05) is 13.2 Å². The van der Waals surface area contributed by atoms with Gasteiger partial charge in [-0.2, -0.15) is 5.10 Å². The molecule has 0 unspecified atom stereocenters. The molecule has 0 atom stereocenters. The Morgan fingerprint density at radius 3 is 2.60 bits per heavy atom. The maximum atomic E-state index is 12.1. The van der Waals surface area contributed by atoms with Gasteiger partial charge in [0.15, 0.2) is 6.61 Å². The fourth-order valence-electron chi connectivity index (χ4n) is 2.96. The summed E-state index contributed by atoms with van der Waals surface area (Å²) in [7, 11) is 0. The summed E-state index contributed by atoms with van der Waals surface area (Å²) in [5.74, 6) is 0.184. The number of hydrogen-bond acceptors (Lipinski definition) is 7. The zero-order valence-corrected chi connectivity index (χ0v) is 19.7. The lowest BCUT2D eigenvalue weighted by Crippen LogP contribution is -2.37. The molecule has 1 heterocycles. The fraction of sp³-hybridized carbons (Fsp3) is 0.231. The summed E-state index contributed by atoms with van der Waals surface area (Å²) in [5, 5.41) is 6.30. The number of amides is 2. The number of aryl methyl sites for hydroxylation is 1. The number of furan rings is 1. The minimum absolute atomic E-state index is 0.201. The Bertz CT molecular complexity index is 1220. The molecule has 9 nitrogen and oxygen atoms in total. The van der Waals surface area contributed by atoms with Crippen molar-refractivity contribution in [3.63, 3.8) is 0 Å². The van der Waals surface area contributed by atoms with Crippen LogP contribution in [0.3, 0.4) is 0 Å². The Balaban J connectivity index is 1.45. The number of rotatable bonds is 10. The van der Waals surface area contributed by atoms with Crippen molar-refractivity contribution < 1.29 is 28.3 Å². The highest BCUT2D eigenvalue weighted by molar-refractivity contribution is 5.91. The summed E-state index contributed by atoms with van der Waals surface area (Å²) >= 11 is 0. The van der Waals surface area contributed by atoms with E-state index >= 15 is 0 Å². The van der Waals surface area contributed by atoms with Gasteiger partial charge in [0.1, 0.15) is 17.3 Å². The molecule has 182 valence electrons. The minimum Gasteiger partial charge on any atom is -0.484 e. The zero-order chi connectivity index (χ0) is 25.2. The van der Waals surface area contributed by atoms with Gasteiger partial charge in [-0.25, -0.2) is 10.2 Å². The Morgan fingerprint density at radius 1 is 1.03 bits per heavy atom. The molecule has 3 aromatic rings. The number of hydrazone groups is 1. The van der Waals surface area contributed by atoms with Gasteiger partial charge in [-0.1, -0.05) is 30.3 Å². The number of para-hydroxylation sites is 1. The monoisotopic (exact) mass is 477 g/mol. The van der Waals surface area contributed by atoms with E-state index in [2.05, 4.69) is 15.8 Å². The average molecular weight is 478 g/mol. The molecule has 1 aromatic heterocycles. The number of benzene rings is 2. The lowest BCUT2D eigenvalue weighted by molar-refractivity contribution is -0.127. The molecule has 2 N–H and O–H groups in total. The molecule has 0 fully saturated rings. The third-order valence-corrected chi connectivity index (χ3v) is 4.63. The van der Waals surface area contributed by atoms with E-state index in [1.807, 2.05) is 25.1 Å². The molecule has 0 aliphatic heterocycles. The first kappa shape index (κ1) is 25.2. The van der Waals surface area contributed by atoms with Gasteiger partial charge < -0.3 is 19.2 Å². The average Bonchev–Trinajstić information content (AvgIpc) is 3.31. The number of carbonyl (C=O) groups is 3. The Hall–Kier alpha value is -4.40. The van der Waals surface area contributed by atoms with E-state index in [1.165, 1.54) is 6.21 Å². The minimum atomic E-state index is -0.506. The van der Waals surface area contributed by atoms with Crippen LogP contribution >= 0.6 is 0 Å². The Kier molecular flexibility index (Phi) is 8.77. The van der Waals surface area contributed by atoms with Gasteiger partial charge >= 0.3 is 5.97 Å². The topological polar surface area (TPSA) is 119 Å².